The second kappa shape index (κ2) is 5.76. The predicted octanol–water partition coefficient (Wildman–Crippen LogP) is 2.86. The van der Waals surface area contributed by atoms with Crippen LogP contribution in [0.4, 0.5) is 0 Å². The number of nitrogens with zero attached hydrogens (tertiary/aromatic N) is 3. The van der Waals surface area contributed by atoms with Crippen LogP contribution in [0.5, 0.6) is 11.8 Å². The Kier molecular flexibility index (Phi) is 3.66. The van der Waals surface area contributed by atoms with E-state index in [0.29, 0.717) is 11.8 Å². The molecule has 0 atom stereocenters. The molecule has 5 heteroatoms. The largest absolute Gasteiger partial charge is 0.423 e. The van der Waals surface area contributed by atoms with Crippen LogP contribution in [-0.4, -0.2) is 19.9 Å². The SMILES string of the molecule is Cc1cc(CO)ccc1Oc1ncn(-c2ccccc2)n1. The summed E-state index contributed by atoms with van der Waals surface area (Å²) >= 11 is 0. The summed E-state index contributed by atoms with van der Waals surface area (Å²) in [7, 11) is 0. The summed E-state index contributed by atoms with van der Waals surface area (Å²) in [4.78, 5) is 4.15. The van der Waals surface area contributed by atoms with Gasteiger partial charge in [0.2, 0.25) is 0 Å². The third-order valence-electron chi connectivity index (χ3n) is 3.11. The smallest absolute Gasteiger partial charge is 0.341 e. The number of rotatable bonds is 4. The van der Waals surface area contributed by atoms with Gasteiger partial charge >= 0.3 is 6.01 Å². The van der Waals surface area contributed by atoms with Crippen molar-refractivity contribution in [1.82, 2.24) is 14.8 Å². The van der Waals surface area contributed by atoms with Crippen LogP contribution in [0.1, 0.15) is 11.1 Å². The number of aromatic nitrogens is 3. The van der Waals surface area contributed by atoms with Gasteiger partial charge in [0.1, 0.15) is 12.1 Å². The number of ether oxygens (including phenoxy) is 1. The molecule has 0 amide bonds. The summed E-state index contributed by atoms with van der Waals surface area (Å²) in [5.74, 6) is 0.679. The molecule has 1 aromatic heterocycles. The minimum Gasteiger partial charge on any atom is -0.423 e. The highest BCUT2D eigenvalue weighted by Crippen LogP contribution is 2.23. The molecule has 0 unspecified atom stereocenters. The maximum Gasteiger partial charge on any atom is 0.341 e. The first kappa shape index (κ1) is 13.3. The lowest BCUT2D eigenvalue weighted by molar-refractivity contribution is 0.281. The molecule has 0 fully saturated rings. The summed E-state index contributed by atoms with van der Waals surface area (Å²) in [5, 5.41) is 13.4. The Morgan fingerprint density at radius 3 is 2.67 bits per heavy atom. The van der Waals surface area contributed by atoms with Crippen LogP contribution in [0.3, 0.4) is 0 Å². The molecule has 21 heavy (non-hydrogen) atoms. The lowest BCUT2D eigenvalue weighted by Gasteiger charge is -2.06. The molecule has 0 saturated heterocycles. The summed E-state index contributed by atoms with van der Waals surface area (Å²) in [6.07, 6.45) is 1.61. The van der Waals surface area contributed by atoms with Crippen molar-refractivity contribution in [2.24, 2.45) is 0 Å². The number of hydrogen-bond acceptors (Lipinski definition) is 4. The molecular weight excluding hydrogens is 266 g/mol. The molecule has 0 radical (unpaired) electrons. The monoisotopic (exact) mass is 281 g/mol. The number of para-hydroxylation sites is 1. The van der Waals surface area contributed by atoms with Crippen LogP contribution >= 0.6 is 0 Å². The number of benzene rings is 2. The second-order valence-corrected chi connectivity index (χ2v) is 4.67. The maximum atomic E-state index is 9.10. The first-order valence-corrected chi connectivity index (χ1v) is 6.61. The van der Waals surface area contributed by atoms with Gasteiger partial charge in [0.05, 0.1) is 12.3 Å². The normalized spacial score (nSPS) is 10.6. The van der Waals surface area contributed by atoms with Crippen molar-refractivity contribution >= 4 is 0 Å². The van der Waals surface area contributed by atoms with E-state index in [-0.39, 0.29) is 6.61 Å². The predicted molar refractivity (Wildman–Crippen MR) is 78.5 cm³/mol. The topological polar surface area (TPSA) is 60.2 Å². The fourth-order valence-corrected chi connectivity index (χ4v) is 2.02. The Hall–Kier alpha value is -2.66. The molecule has 0 aliphatic carbocycles. The van der Waals surface area contributed by atoms with Gasteiger partial charge in [-0.3, -0.25) is 0 Å². The average molecular weight is 281 g/mol. The molecule has 1 N–H and O–H groups in total. The van der Waals surface area contributed by atoms with E-state index in [4.69, 9.17) is 9.84 Å². The van der Waals surface area contributed by atoms with Crippen molar-refractivity contribution in [3.05, 3.63) is 66.0 Å². The highest BCUT2D eigenvalue weighted by molar-refractivity contribution is 5.37. The van der Waals surface area contributed by atoms with Gasteiger partial charge in [0.15, 0.2) is 0 Å². The van der Waals surface area contributed by atoms with Crippen LogP contribution < -0.4 is 4.74 Å². The van der Waals surface area contributed by atoms with Gasteiger partial charge in [-0.2, -0.15) is 4.98 Å². The molecular formula is C16H15N3O2. The van der Waals surface area contributed by atoms with Gasteiger partial charge in [-0.05, 0) is 36.2 Å². The van der Waals surface area contributed by atoms with Crippen LogP contribution in [-0.2, 0) is 6.61 Å². The van der Waals surface area contributed by atoms with E-state index in [2.05, 4.69) is 10.1 Å². The van der Waals surface area contributed by atoms with Crippen LogP contribution in [0.25, 0.3) is 5.69 Å². The number of aliphatic hydroxyl groups excluding tert-OH is 1. The van der Waals surface area contributed by atoms with Crippen LogP contribution in [0.15, 0.2) is 54.9 Å². The highest BCUT2D eigenvalue weighted by atomic mass is 16.5. The van der Waals surface area contributed by atoms with E-state index < -0.39 is 0 Å². The summed E-state index contributed by atoms with van der Waals surface area (Å²) in [5.41, 5.74) is 2.70. The van der Waals surface area contributed by atoms with Crippen molar-refractivity contribution in [3.8, 4) is 17.4 Å². The Bertz CT molecular complexity index is 738. The van der Waals surface area contributed by atoms with Crippen molar-refractivity contribution in [1.29, 1.82) is 0 Å². The lowest BCUT2D eigenvalue weighted by atomic mass is 10.1. The van der Waals surface area contributed by atoms with E-state index in [0.717, 1.165) is 16.8 Å². The Morgan fingerprint density at radius 2 is 1.95 bits per heavy atom. The molecule has 106 valence electrons. The quantitative estimate of drug-likeness (QED) is 0.799. The molecule has 0 saturated carbocycles. The molecule has 0 spiro atoms. The van der Waals surface area contributed by atoms with Gasteiger partial charge < -0.3 is 9.84 Å². The second-order valence-electron chi connectivity index (χ2n) is 4.67. The number of aliphatic hydroxyl groups is 1. The zero-order chi connectivity index (χ0) is 14.7. The molecule has 1 heterocycles. The first-order chi connectivity index (χ1) is 10.3. The van der Waals surface area contributed by atoms with Gasteiger partial charge in [0.25, 0.3) is 0 Å². The summed E-state index contributed by atoms with van der Waals surface area (Å²) in [6.45, 7) is 1.94. The van der Waals surface area contributed by atoms with E-state index >= 15 is 0 Å². The van der Waals surface area contributed by atoms with Gasteiger partial charge in [-0.25, -0.2) is 4.68 Å². The Morgan fingerprint density at radius 1 is 1.14 bits per heavy atom. The lowest BCUT2D eigenvalue weighted by Crippen LogP contribution is -1.95. The van der Waals surface area contributed by atoms with Crippen molar-refractivity contribution < 1.29 is 9.84 Å². The average Bonchev–Trinajstić information content (AvgIpc) is 2.99. The van der Waals surface area contributed by atoms with Gasteiger partial charge in [-0.1, -0.05) is 30.3 Å². The van der Waals surface area contributed by atoms with Crippen molar-refractivity contribution in [3.63, 3.8) is 0 Å². The summed E-state index contributed by atoms with van der Waals surface area (Å²) in [6, 6.07) is 15.5. The fraction of sp³-hybridized carbons (Fsp3) is 0.125. The standard InChI is InChI=1S/C16H15N3O2/c1-12-9-13(10-20)7-8-15(12)21-16-17-11-19(18-16)14-5-3-2-4-6-14/h2-9,11,20H,10H2,1H3. The minimum atomic E-state index is 0.0159. The maximum absolute atomic E-state index is 9.10. The van der Waals surface area contributed by atoms with Crippen LogP contribution in [0.2, 0.25) is 0 Å². The minimum absolute atomic E-state index is 0.0159. The van der Waals surface area contributed by atoms with Crippen molar-refractivity contribution in [2.75, 3.05) is 0 Å². The Balaban J connectivity index is 1.82. The molecule has 3 rings (SSSR count). The molecule has 0 bridgehead atoms. The molecule has 2 aromatic carbocycles. The third kappa shape index (κ3) is 2.93. The zero-order valence-corrected chi connectivity index (χ0v) is 11.6. The molecule has 0 aliphatic rings. The molecule has 3 aromatic rings. The van der Waals surface area contributed by atoms with E-state index in [1.54, 1.807) is 11.0 Å². The molecule has 0 aliphatic heterocycles. The third-order valence-corrected chi connectivity index (χ3v) is 3.11. The first-order valence-electron chi connectivity index (χ1n) is 6.61. The van der Waals surface area contributed by atoms with Gasteiger partial charge in [0, 0.05) is 0 Å². The van der Waals surface area contributed by atoms with Crippen LogP contribution in [0, 0.1) is 6.92 Å². The summed E-state index contributed by atoms with van der Waals surface area (Å²) < 4.78 is 7.35. The van der Waals surface area contributed by atoms with E-state index in [1.807, 2.05) is 55.5 Å². The van der Waals surface area contributed by atoms with E-state index in [1.165, 1.54) is 0 Å². The van der Waals surface area contributed by atoms with Crippen molar-refractivity contribution in [2.45, 2.75) is 13.5 Å². The Labute approximate surface area is 122 Å². The van der Waals surface area contributed by atoms with E-state index in [9.17, 15) is 0 Å². The highest BCUT2D eigenvalue weighted by Gasteiger charge is 2.07. The number of aryl methyl sites for hydroxylation is 1. The zero-order valence-electron chi connectivity index (χ0n) is 11.6. The molecule has 5 nitrogen and oxygen atoms in total. The fourth-order valence-electron chi connectivity index (χ4n) is 2.02. The van der Waals surface area contributed by atoms with Gasteiger partial charge in [-0.15, -0.1) is 5.10 Å². The number of hydrogen-bond donors (Lipinski definition) is 1.